The number of aliphatic hydroxyl groups is 1. The predicted molar refractivity (Wildman–Crippen MR) is 102 cm³/mol. The summed E-state index contributed by atoms with van der Waals surface area (Å²) in [6, 6.07) is 12.7. The molecule has 0 saturated heterocycles. The van der Waals surface area contributed by atoms with Crippen molar-refractivity contribution in [2.75, 3.05) is 30.0 Å². The number of sulfonamides is 1. The molecule has 0 heterocycles. The first-order valence-corrected chi connectivity index (χ1v) is 10.7. The second-order valence-electron chi connectivity index (χ2n) is 5.33. The molecular weight excluding hydrogens is 360 g/mol. The molecule has 0 radical (unpaired) electrons. The molecule has 0 spiro atoms. The number of rotatable bonds is 8. The first-order valence-electron chi connectivity index (χ1n) is 7.62. The Kier molecular flexibility index (Phi) is 6.71. The van der Waals surface area contributed by atoms with Crippen LogP contribution in [0.15, 0.2) is 47.4 Å². The number of ether oxygens (including phenoxy) is 1. The van der Waals surface area contributed by atoms with Gasteiger partial charge in [0.05, 0.1) is 25.1 Å². The van der Waals surface area contributed by atoms with Crippen LogP contribution in [0.3, 0.4) is 0 Å². The van der Waals surface area contributed by atoms with Gasteiger partial charge in [0.15, 0.2) is 0 Å². The summed E-state index contributed by atoms with van der Waals surface area (Å²) in [6.45, 7) is -0.0902. The maximum absolute atomic E-state index is 11.9. The summed E-state index contributed by atoms with van der Waals surface area (Å²) in [5.74, 6) is 1.25. The zero-order valence-corrected chi connectivity index (χ0v) is 15.8. The topological polar surface area (TPSA) is 92.9 Å². The second-order valence-corrected chi connectivity index (χ2v) is 8.12. The molecule has 0 unspecified atom stereocenters. The Morgan fingerprint density at radius 1 is 1.20 bits per heavy atom. The minimum atomic E-state index is -3.50. The molecule has 0 saturated carbocycles. The highest BCUT2D eigenvalue weighted by molar-refractivity contribution is 7.98. The van der Waals surface area contributed by atoms with Gasteiger partial charge in [0.1, 0.15) is 11.5 Å². The number of anilines is 1. The maximum atomic E-state index is 11.9. The molecule has 0 aliphatic heterocycles. The third kappa shape index (κ3) is 5.12. The zero-order chi connectivity index (χ0) is 18.4. The number of aliphatic hydroxyl groups excluding tert-OH is 1. The van der Waals surface area contributed by atoms with Gasteiger partial charge in [-0.25, -0.2) is 8.42 Å². The van der Waals surface area contributed by atoms with Crippen molar-refractivity contribution in [1.82, 2.24) is 0 Å². The Bertz CT molecular complexity index is 808. The minimum absolute atomic E-state index is 0.0147. The van der Waals surface area contributed by atoms with Crippen LogP contribution in [0.4, 0.5) is 5.69 Å². The van der Waals surface area contributed by atoms with Crippen LogP contribution in [0.1, 0.15) is 5.56 Å². The highest BCUT2D eigenvalue weighted by atomic mass is 32.2. The van der Waals surface area contributed by atoms with E-state index in [4.69, 9.17) is 15.6 Å². The Balaban J connectivity index is 2.31. The van der Waals surface area contributed by atoms with Crippen LogP contribution in [0.25, 0.3) is 0 Å². The fraction of sp³-hybridized carbons (Fsp3) is 0.294. The average molecular weight is 383 g/mol. The molecule has 3 N–H and O–H groups in total. The van der Waals surface area contributed by atoms with Crippen molar-refractivity contribution in [2.45, 2.75) is 11.4 Å². The van der Waals surface area contributed by atoms with Crippen molar-refractivity contribution in [2.24, 2.45) is 5.73 Å². The number of hydrogen-bond donors (Lipinski definition) is 2. The molecule has 2 aromatic rings. The van der Waals surface area contributed by atoms with Crippen molar-refractivity contribution in [3.63, 3.8) is 0 Å². The van der Waals surface area contributed by atoms with E-state index in [9.17, 15) is 8.42 Å². The van der Waals surface area contributed by atoms with E-state index in [0.29, 0.717) is 22.7 Å². The van der Waals surface area contributed by atoms with Gasteiger partial charge >= 0.3 is 0 Å². The maximum Gasteiger partial charge on any atom is 0.232 e. The van der Waals surface area contributed by atoms with Crippen LogP contribution in [0, 0.1) is 0 Å². The van der Waals surface area contributed by atoms with E-state index in [-0.39, 0.29) is 19.7 Å². The van der Waals surface area contributed by atoms with Crippen LogP contribution in [0.2, 0.25) is 0 Å². The molecule has 0 aromatic heterocycles. The van der Waals surface area contributed by atoms with Gasteiger partial charge in [0.25, 0.3) is 0 Å². The molecule has 0 atom stereocenters. The Morgan fingerprint density at radius 2 is 1.88 bits per heavy atom. The van der Waals surface area contributed by atoms with Gasteiger partial charge in [0.2, 0.25) is 10.0 Å². The van der Waals surface area contributed by atoms with Gasteiger partial charge in [-0.05, 0) is 48.7 Å². The molecule has 0 aliphatic carbocycles. The Morgan fingerprint density at radius 3 is 2.40 bits per heavy atom. The number of nitrogens with two attached hydrogens (primary N) is 1. The van der Waals surface area contributed by atoms with E-state index in [1.165, 1.54) is 0 Å². The monoisotopic (exact) mass is 382 g/mol. The quantitative estimate of drug-likeness (QED) is 0.681. The van der Waals surface area contributed by atoms with Crippen LogP contribution in [0.5, 0.6) is 11.5 Å². The van der Waals surface area contributed by atoms with Crippen LogP contribution >= 0.6 is 11.8 Å². The summed E-state index contributed by atoms with van der Waals surface area (Å²) in [4.78, 5) is 1.13. The average Bonchev–Trinajstić information content (AvgIpc) is 2.60. The molecule has 0 aliphatic rings. The van der Waals surface area contributed by atoms with Gasteiger partial charge in [-0.1, -0.05) is 0 Å². The summed E-state index contributed by atoms with van der Waals surface area (Å²) in [5, 5.41) is 9.12. The number of thioether (sulfide) groups is 1. The van der Waals surface area contributed by atoms with Gasteiger partial charge in [-0.2, -0.15) is 0 Å². The third-order valence-electron chi connectivity index (χ3n) is 3.54. The van der Waals surface area contributed by atoms with Crippen molar-refractivity contribution in [3.05, 3.63) is 48.0 Å². The van der Waals surface area contributed by atoms with Crippen LogP contribution in [-0.2, 0) is 16.6 Å². The molecule has 2 aromatic carbocycles. The highest BCUT2D eigenvalue weighted by Crippen LogP contribution is 2.30. The SMILES string of the molecule is CSc1ccc(Oc2ccc(N(CCO)S(C)(=O)=O)cc2CN)cc1. The second kappa shape index (κ2) is 8.57. The molecule has 0 fully saturated rings. The van der Waals surface area contributed by atoms with Crippen molar-refractivity contribution >= 4 is 27.5 Å². The lowest BCUT2D eigenvalue weighted by atomic mass is 10.1. The summed E-state index contributed by atoms with van der Waals surface area (Å²) in [5.41, 5.74) is 6.93. The lowest BCUT2D eigenvalue weighted by molar-refractivity contribution is 0.307. The standard InChI is InChI=1S/C17H22N2O4S2/c1-24-16-6-4-15(5-7-16)23-17-8-3-14(11-13(17)12-18)19(9-10-20)25(2,21)22/h3-8,11,20H,9-10,12,18H2,1-2H3. The summed E-state index contributed by atoms with van der Waals surface area (Å²) in [6.07, 6.45) is 3.10. The fourth-order valence-electron chi connectivity index (χ4n) is 2.33. The lowest BCUT2D eigenvalue weighted by Gasteiger charge is -2.22. The van der Waals surface area contributed by atoms with E-state index < -0.39 is 10.0 Å². The number of hydrogen-bond acceptors (Lipinski definition) is 6. The summed E-state index contributed by atoms with van der Waals surface area (Å²) < 4.78 is 30.8. The van der Waals surface area contributed by atoms with E-state index in [0.717, 1.165) is 15.5 Å². The van der Waals surface area contributed by atoms with Crippen molar-refractivity contribution < 1.29 is 18.3 Å². The lowest BCUT2D eigenvalue weighted by Crippen LogP contribution is -2.32. The van der Waals surface area contributed by atoms with Gasteiger partial charge in [0, 0.05) is 17.0 Å². The Labute approximate surface area is 152 Å². The molecule has 136 valence electrons. The van der Waals surface area contributed by atoms with Crippen LogP contribution < -0.4 is 14.8 Å². The number of benzene rings is 2. The smallest absolute Gasteiger partial charge is 0.232 e. The van der Waals surface area contributed by atoms with Crippen molar-refractivity contribution in [3.8, 4) is 11.5 Å². The largest absolute Gasteiger partial charge is 0.457 e. The summed E-state index contributed by atoms with van der Waals surface area (Å²) >= 11 is 1.65. The number of nitrogens with zero attached hydrogens (tertiary/aromatic N) is 1. The van der Waals surface area contributed by atoms with E-state index in [1.807, 2.05) is 30.5 Å². The van der Waals surface area contributed by atoms with E-state index >= 15 is 0 Å². The minimum Gasteiger partial charge on any atom is -0.457 e. The molecule has 8 heteroatoms. The molecule has 25 heavy (non-hydrogen) atoms. The molecule has 0 amide bonds. The fourth-order valence-corrected chi connectivity index (χ4v) is 3.65. The van der Waals surface area contributed by atoms with E-state index in [1.54, 1.807) is 30.0 Å². The predicted octanol–water partition coefficient (Wildman–Crippen LogP) is 2.42. The third-order valence-corrected chi connectivity index (χ3v) is 5.48. The first kappa shape index (κ1) is 19.6. The molecule has 0 bridgehead atoms. The summed E-state index contributed by atoms with van der Waals surface area (Å²) in [7, 11) is -3.50. The molecule has 6 nitrogen and oxygen atoms in total. The van der Waals surface area contributed by atoms with E-state index in [2.05, 4.69) is 0 Å². The van der Waals surface area contributed by atoms with Crippen molar-refractivity contribution in [1.29, 1.82) is 0 Å². The first-order chi connectivity index (χ1) is 11.9. The van der Waals surface area contributed by atoms with Gasteiger partial charge in [-0.15, -0.1) is 11.8 Å². The van der Waals surface area contributed by atoms with Gasteiger partial charge in [-0.3, -0.25) is 4.31 Å². The van der Waals surface area contributed by atoms with Crippen LogP contribution in [-0.4, -0.2) is 39.2 Å². The van der Waals surface area contributed by atoms with Gasteiger partial charge < -0.3 is 15.6 Å². The molecule has 2 rings (SSSR count). The molecular formula is C17H22N2O4S2. The highest BCUT2D eigenvalue weighted by Gasteiger charge is 2.18. The Hall–Kier alpha value is -1.74. The zero-order valence-electron chi connectivity index (χ0n) is 14.2. The normalized spacial score (nSPS) is 11.4.